The lowest BCUT2D eigenvalue weighted by Gasteiger charge is -2.21. The van der Waals surface area contributed by atoms with E-state index in [0.717, 1.165) is 18.4 Å². The average molecular weight is 332 g/mol. The van der Waals surface area contributed by atoms with Gasteiger partial charge in [-0.1, -0.05) is 35.9 Å². The second-order valence-corrected chi connectivity index (χ2v) is 6.19. The number of hydrogen-bond acceptors (Lipinski definition) is 3. The van der Waals surface area contributed by atoms with Gasteiger partial charge in [0.2, 0.25) is 0 Å². The van der Waals surface area contributed by atoms with Crippen molar-refractivity contribution in [2.24, 2.45) is 0 Å². The Bertz CT molecular complexity index is 710. The third-order valence-corrected chi connectivity index (χ3v) is 4.42. The minimum Gasteiger partial charge on any atom is -0.497 e. The van der Waals surface area contributed by atoms with Gasteiger partial charge in [-0.25, -0.2) is 0 Å². The number of amides is 1. The zero-order valence-corrected chi connectivity index (χ0v) is 13.5. The van der Waals surface area contributed by atoms with E-state index in [1.807, 2.05) is 24.3 Å². The summed E-state index contributed by atoms with van der Waals surface area (Å²) in [5, 5.41) is 13.9. The molecule has 1 aliphatic carbocycles. The zero-order valence-electron chi connectivity index (χ0n) is 12.8. The Morgan fingerprint density at radius 3 is 2.57 bits per heavy atom. The topological polar surface area (TPSA) is 58.6 Å². The van der Waals surface area contributed by atoms with Gasteiger partial charge in [-0.3, -0.25) is 4.79 Å². The number of aliphatic hydroxyl groups is 1. The normalized spacial score (nSPS) is 16.5. The summed E-state index contributed by atoms with van der Waals surface area (Å²) in [4.78, 5) is 12.4. The van der Waals surface area contributed by atoms with E-state index in [9.17, 15) is 9.90 Å². The van der Waals surface area contributed by atoms with E-state index < -0.39 is 12.0 Å². The van der Waals surface area contributed by atoms with E-state index in [1.165, 1.54) is 0 Å². The second-order valence-electron chi connectivity index (χ2n) is 5.76. The van der Waals surface area contributed by atoms with Crippen molar-refractivity contribution in [3.05, 3.63) is 64.7 Å². The standard InChI is InChI=1S/C18H18ClNO3/c1-23-15-4-2-3-12(11-15)16(21)17(22)20-18(9-10-18)13-5-7-14(19)8-6-13/h2-8,11,16,21H,9-10H2,1H3,(H,20,22). The molecule has 23 heavy (non-hydrogen) atoms. The van der Waals surface area contributed by atoms with Crippen LogP contribution in [0, 0.1) is 0 Å². The summed E-state index contributed by atoms with van der Waals surface area (Å²) in [6, 6.07) is 14.3. The lowest BCUT2D eigenvalue weighted by atomic mass is 10.0. The number of carbonyl (C=O) groups excluding carboxylic acids is 1. The van der Waals surface area contributed by atoms with Gasteiger partial charge in [-0.2, -0.15) is 0 Å². The number of hydrogen-bond donors (Lipinski definition) is 2. The van der Waals surface area contributed by atoms with Crippen LogP contribution in [0.25, 0.3) is 0 Å². The highest BCUT2D eigenvalue weighted by atomic mass is 35.5. The highest BCUT2D eigenvalue weighted by Gasteiger charge is 2.46. The van der Waals surface area contributed by atoms with Crippen molar-refractivity contribution in [1.82, 2.24) is 5.32 Å². The predicted molar refractivity (Wildman–Crippen MR) is 88.5 cm³/mol. The molecular formula is C18H18ClNO3. The smallest absolute Gasteiger partial charge is 0.254 e. The monoisotopic (exact) mass is 331 g/mol. The highest BCUT2D eigenvalue weighted by molar-refractivity contribution is 6.30. The number of ether oxygens (including phenoxy) is 1. The van der Waals surface area contributed by atoms with E-state index in [-0.39, 0.29) is 5.54 Å². The van der Waals surface area contributed by atoms with Gasteiger partial charge < -0.3 is 15.2 Å². The average Bonchev–Trinajstić information content (AvgIpc) is 3.35. The van der Waals surface area contributed by atoms with Crippen molar-refractivity contribution in [2.75, 3.05) is 7.11 Å². The molecule has 0 aromatic heterocycles. The molecule has 2 aromatic rings. The van der Waals surface area contributed by atoms with Crippen LogP contribution in [-0.2, 0) is 10.3 Å². The molecule has 5 heteroatoms. The maximum Gasteiger partial charge on any atom is 0.254 e. The Morgan fingerprint density at radius 1 is 1.26 bits per heavy atom. The number of carbonyl (C=O) groups is 1. The van der Waals surface area contributed by atoms with Gasteiger partial charge in [0.15, 0.2) is 6.10 Å². The molecule has 1 unspecified atom stereocenters. The molecular weight excluding hydrogens is 314 g/mol. The molecule has 1 aliphatic rings. The molecule has 1 atom stereocenters. The van der Waals surface area contributed by atoms with Gasteiger partial charge in [0, 0.05) is 5.02 Å². The van der Waals surface area contributed by atoms with Crippen molar-refractivity contribution < 1.29 is 14.6 Å². The first-order chi connectivity index (χ1) is 11.0. The summed E-state index contributed by atoms with van der Waals surface area (Å²) in [6.07, 6.45) is 0.478. The predicted octanol–water partition coefficient (Wildman–Crippen LogP) is 3.19. The molecule has 120 valence electrons. The van der Waals surface area contributed by atoms with Crippen LogP contribution < -0.4 is 10.1 Å². The minimum atomic E-state index is -1.23. The molecule has 4 nitrogen and oxygen atoms in total. The molecule has 3 rings (SSSR count). The van der Waals surface area contributed by atoms with Crippen LogP contribution >= 0.6 is 11.6 Å². The summed E-state index contributed by atoms with van der Waals surface area (Å²) in [6.45, 7) is 0. The summed E-state index contributed by atoms with van der Waals surface area (Å²) in [5.41, 5.74) is 1.13. The van der Waals surface area contributed by atoms with Gasteiger partial charge >= 0.3 is 0 Å². The van der Waals surface area contributed by atoms with Gasteiger partial charge in [0.1, 0.15) is 5.75 Å². The van der Waals surface area contributed by atoms with Gasteiger partial charge in [-0.15, -0.1) is 0 Å². The first-order valence-corrected chi connectivity index (χ1v) is 7.82. The van der Waals surface area contributed by atoms with Gasteiger partial charge in [0.25, 0.3) is 5.91 Å². The molecule has 0 radical (unpaired) electrons. The maximum atomic E-state index is 12.4. The fourth-order valence-electron chi connectivity index (χ4n) is 2.65. The Kier molecular flexibility index (Phi) is 4.28. The van der Waals surface area contributed by atoms with Crippen LogP contribution in [0.1, 0.15) is 30.1 Å². The van der Waals surface area contributed by atoms with Gasteiger partial charge in [-0.05, 0) is 48.2 Å². The van der Waals surface area contributed by atoms with E-state index >= 15 is 0 Å². The maximum absolute atomic E-state index is 12.4. The van der Waals surface area contributed by atoms with Gasteiger partial charge in [0.05, 0.1) is 12.6 Å². The van der Waals surface area contributed by atoms with E-state index in [4.69, 9.17) is 16.3 Å². The lowest BCUT2D eigenvalue weighted by Crippen LogP contribution is -2.38. The largest absolute Gasteiger partial charge is 0.497 e. The third-order valence-electron chi connectivity index (χ3n) is 4.17. The van der Waals surface area contributed by atoms with E-state index in [1.54, 1.807) is 31.4 Å². The number of rotatable bonds is 5. The van der Waals surface area contributed by atoms with Crippen molar-refractivity contribution in [1.29, 1.82) is 0 Å². The van der Waals surface area contributed by atoms with E-state index in [2.05, 4.69) is 5.32 Å². The van der Waals surface area contributed by atoms with Crippen LogP contribution in [0.2, 0.25) is 5.02 Å². The summed E-state index contributed by atoms with van der Waals surface area (Å²) in [7, 11) is 1.55. The molecule has 0 saturated heterocycles. The Hall–Kier alpha value is -2.04. The minimum absolute atomic E-state index is 0.387. The Balaban J connectivity index is 1.74. The summed E-state index contributed by atoms with van der Waals surface area (Å²) in [5.74, 6) is 0.193. The molecule has 2 N–H and O–H groups in total. The quantitative estimate of drug-likeness (QED) is 0.884. The fraction of sp³-hybridized carbons (Fsp3) is 0.278. The SMILES string of the molecule is COc1cccc(C(O)C(=O)NC2(c3ccc(Cl)cc3)CC2)c1. The third kappa shape index (κ3) is 3.33. The lowest BCUT2D eigenvalue weighted by molar-refractivity contribution is -0.130. The van der Waals surface area contributed by atoms with Crippen LogP contribution in [0.15, 0.2) is 48.5 Å². The summed E-state index contributed by atoms with van der Waals surface area (Å²) < 4.78 is 5.12. The first-order valence-electron chi connectivity index (χ1n) is 7.44. The number of methoxy groups -OCH3 is 1. The summed E-state index contributed by atoms with van der Waals surface area (Å²) >= 11 is 5.91. The molecule has 2 aromatic carbocycles. The zero-order chi connectivity index (χ0) is 16.4. The van der Waals surface area contributed by atoms with Crippen molar-refractivity contribution >= 4 is 17.5 Å². The van der Waals surface area contributed by atoms with Crippen LogP contribution in [0.3, 0.4) is 0 Å². The molecule has 1 fully saturated rings. The number of halogens is 1. The Labute approximate surface area is 140 Å². The Morgan fingerprint density at radius 2 is 1.96 bits per heavy atom. The second kappa shape index (κ2) is 6.22. The molecule has 1 saturated carbocycles. The van der Waals surface area contributed by atoms with Crippen LogP contribution in [-0.4, -0.2) is 18.1 Å². The molecule has 0 bridgehead atoms. The van der Waals surface area contributed by atoms with Crippen molar-refractivity contribution in [2.45, 2.75) is 24.5 Å². The highest BCUT2D eigenvalue weighted by Crippen LogP contribution is 2.46. The molecule has 0 aliphatic heterocycles. The van der Waals surface area contributed by atoms with E-state index in [0.29, 0.717) is 16.3 Å². The molecule has 0 spiro atoms. The van der Waals surface area contributed by atoms with Crippen molar-refractivity contribution in [3.8, 4) is 5.75 Å². The fourth-order valence-corrected chi connectivity index (χ4v) is 2.77. The number of benzene rings is 2. The van der Waals surface area contributed by atoms with Crippen LogP contribution in [0.4, 0.5) is 0 Å². The number of nitrogens with one attached hydrogen (secondary N) is 1. The van der Waals surface area contributed by atoms with Crippen molar-refractivity contribution in [3.63, 3.8) is 0 Å². The number of aliphatic hydroxyl groups excluding tert-OH is 1. The molecule has 0 heterocycles. The first kappa shape index (κ1) is 15.8. The van der Waals surface area contributed by atoms with Crippen LogP contribution in [0.5, 0.6) is 5.75 Å². The molecule has 1 amide bonds.